The van der Waals surface area contributed by atoms with Crippen LogP contribution < -0.4 is 5.32 Å². The van der Waals surface area contributed by atoms with Gasteiger partial charge in [-0.2, -0.15) is 0 Å². The number of carbonyl (C=O) groups excluding carboxylic acids is 1. The predicted octanol–water partition coefficient (Wildman–Crippen LogP) is 2.78. The smallest absolute Gasteiger partial charge is 0.354 e. The molecule has 0 radical (unpaired) electrons. The first-order chi connectivity index (χ1) is 9.97. The van der Waals surface area contributed by atoms with Gasteiger partial charge in [-0.1, -0.05) is 12.1 Å². The van der Waals surface area contributed by atoms with Gasteiger partial charge in [-0.25, -0.2) is 9.78 Å². The molecule has 21 heavy (non-hydrogen) atoms. The van der Waals surface area contributed by atoms with E-state index in [-0.39, 0.29) is 18.1 Å². The molecule has 5 nitrogen and oxygen atoms in total. The Balaban J connectivity index is 2.02. The average molecular weight is 349 g/mol. The van der Waals surface area contributed by atoms with Crippen molar-refractivity contribution in [1.29, 1.82) is 0 Å². The van der Waals surface area contributed by atoms with Crippen molar-refractivity contribution in [1.82, 2.24) is 10.3 Å². The molecule has 0 aliphatic heterocycles. The molecule has 0 atom stereocenters. The summed E-state index contributed by atoms with van der Waals surface area (Å²) in [6.07, 6.45) is 1.44. The first kappa shape index (κ1) is 15.2. The van der Waals surface area contributed by atoms with Crippen molar-refractivity contribution in [2.24, 2.45) is 0 Å². The van der Waals surface area contributed by atoms with Crippen LogP contribution in [0.1, 0.15) is 32.0 Å². The number of hydrogen-bond acceptors (Lipinski definition) is 3. The molecule has 1 aromatic carbocycles. The van der Waals surface area contributed by atoms with Crippen LogP contribution in [0.2, 0.25) is 0 Å². The van der Waals surface area contributed by atoms with Crippen LogP contribution in [0.5, 0.6) is 0 Å². The molecule has 2 rings (SSSR count). The highest BCUT2D eigenvalue weighted by Crippen LogP contribution is 2.18. The summed E-state index contributed by atoms with van der Waals surface area (Å²) in [5.41, 5.74) is 2.32. The fourth-order valence-corrected chi connectivity index (χ4v) is 2.41. The number of amides is 1. The van der Waals surface area contributed by atoms with Gasteiger partial charge in [0.2, 0.25) is 0 Å². The summed E-state index contributed by atoms with van der Waals surface area (Å²) in [4.78, 5) is 26.6. The molecule has 0 bridgehead atoms. The maximum absolute atomic E-state index is 12.1. The number of pyridine rings is 1. The fraction of sp³-hybridized carbons (Fsp3) is 0.133. The van der Waals surface area contributed by atoms with Crippen molar-refractivity contribution >= 4 is 27.8 Å². The molecule has 2 N–H and O–H groups in total. The van der Waals surface area contributed by atoms with Crippen LogP contribution >= 0.6 is 15.9 Å². The molecular weight excluding hydrogens is 336 g/mol. The summed E-state index contributed by atoms with van der Waals surface area (Å²) in [6, 6.07) is 8.52. The zero-order chi connectivity index (χ0) is 15.4. The van der Waals surface area contributed by atoms with E-state index in [0.29, 0.717) is 5.56 Å². The number of carboxylic acids is 1. The summed E-state index contributed by atoms with van der Waals surface area (Å²) in [6.45, 7) is 2.23. The van der Waals surface area contributed by atoms with Crippen molar-refractivity contribution in [3.8, 4) is 0 Å². The van der Waals surface area contributed by atoms with Gasteiger partial charge in [0.25, 0.3) is 5.91 Å². The number of carbonyl (C=O) groups is 2. The third-order valence-electron chi connectivity index (χ3n) is 2.87. The van der Waals surface area contributed by atoms with Gasteiger partial charge in [0, 0.05) is 17.2 Å². The number of aryl methyl sites for hydroxylation is 1. The Hall–Kier alpha value is -2.21. The number of aromatic carboxylic acids is 1. The molecule has 2 aromatic rings. The van der Waals surface area contributed by atoms with Crippen molar-refractivity contribution in [2.75, 3.05) is 0 Å². The Bertz CT molecular complexity index is 684. The molecule has 0 fully saturated rings. The van der Waals surface area contributed by atoms with E-state index in [9.17, 15) is 9.59 Å². The minimum atomic E-state index is -1.07. The van der Waals surface area contributed by atoms with Gasteiger partial charge < -0.3 is 10.4 Å². The highest BCUT2D eigenvalue weighted by molar-refractivity contribution is 9.10. The number of rotatable bonds is 4. The number of benzene rings is 1. The molecule has 1 amide bonds. The van der Waals surface area contributed by atoms with Crippen LogP contribution in [0.25, 0.3) is 0 Å². The van der Waals surface area contributed by atoms with Gasteiger partial charge in [-0.15, -0.1) is 0 Å². The van der Waals surface area contributed by atoms with Crippen LogP contribution in [0.15, 0.2) is 41.0 Å². The number of halogens is 1. The topological polar surface area (TPSA) is 79.3 Å². The Morgan fingerprint density at radius 2 is 2.05 bits per heavy atom. The number of nitrogens with zero attached hydrogens (tertiary/aromatic N) is 1. The average Bonchev–Trinajstić information content (AvgIpc) is 2.45. The maximum Gasteiger partial charge on any atom is 0.354 e. The zero-order valence-corrected chi connectivity index (χ0v) is 12.8. The van der Waals surface area contributed by atoms with Crippen LogP contribution in [-0.4, -0.2) is 22.0 Å². The van der Waals surface area contributed by atoms with Crippen LogP contribution in [0.3, 0.4) is 0 Å². The second-order valence-electron chi connectivity index (χ2n) is 4.52. The summed E-state index contributed by atoms with van der Waals surface area (Å²) in [5.74, 6) is -1.28. The standard InChI is InChI=1S/C15H13BrN2O3/c1-9-2-4-11(12(16)6-9)14(19)18-8-10-3-5-13(15(20)21)17-7-10/h2-7H,8H2,1H3,(H,18,19)(H,20,21). The Morgan fingerprint density at radius 1 is 1.29 bits per heavy atom. The van der Waals surface area contributed by atoms with E-state index >= 15 is 0 Å². The lowest BCUT2D eigenvalue weighted by Crippen LogP contribution is -2.23. The SMILES string of the molecule is Cc1ccc(C(=O)NCc2ccc(C(=O)O)nc2)c(Br)c1. The molecule has 1 heterocycles. The highest BCUT2D eigenvalue weighted by Gasteiger charge is 2.10. The lowest BCUT2D eigenvalue weighted by Gasteiger charge is -2.07. The third-order valence-corrected chi connectivity index (χ3v) is 3.52. The minimum absolute atomic E-state index is 0.0219. The summed E-state index contributed by atoms with van der Waals surface area (Å²) in [7, 11) is 0. The van der Waals surface area contributed by atoms with Crippen LogP contribution in [-0.2, 0) is 6.54 Å². The summed E-state index contributed by atoms with van der Waals surface area (Å²) in [5, 5.41) is 11.5. The Kier molecular flexibility index (Phi) is 4.70. The molecule has 108 valence electrons. The van der Waals surface area contributed by atoms with Crippen LogP contribution in [0, 0.1) is 6.92 Å². The second kappa shape index (κ2) is 6.49. The number of nitrogens with one attached hydrogen (secondary N) is 1. The van der Waals surface area contributed by atoms with Crippen molar-refractivity contribution in [3.63, 3.8) is 0 Å². The Morgan fingerprint density at radius 3 is 2.62 bits per heavy atom. The molecule has 0 aliphatic carbocycles. The van der Waals surface area contributed by atoms with E-state index < -0.39 is 5.97 Å². The second-order valence-corrected chi connectivity index (χ2v) is 5.38. The van der Waals surface area contributed by atoms with E-state index in [1.54, 1.807) is 12.1 Å². The first-order valence-corrected chi connectivity index (χ1v) is 6.99. The highest BCUT2D eigenvalue weighted by atomic mass is 79.9. The monoisotopic (exact) mass is 348 g/mol. The van der Waals surface area contributed by atoms with Gasteiger partial charge in [-0.05, 0) is 52.2 Å². The lowest BCUT2D eigenvalue weighted by molar-refractivity contribution is 0.0690. The molecule has 0 saturated carbocycles. The van der Waals surface area contributed by atoms with Crippen molar-refractivity contribution in [2.45, 2.75) is 13.5 Å². The van der Waals surface area contributed by atoms with Gasteiger partial charge in [-0.3, -0.25) is 4.79 Å². The molecule has 0 aliphatic rings. The molecule has 0 unspecified atom stereocenters. The summed E-state index contributed by atoms with van der Waals surface area (Å²) >= 11 is 3.36. The largest absolute Gasteiger partial charge is 0.477 e. The Labute approximate surface area is 130 Å². The minimum Gasteiger partial charge on any atom is -0.477 e. The molecule has 0 spiro atoms. The van der Waals surface area contributed by atoms with Crippen molar-refractivity contribution < 1.29 is 14.7 Å². The van der Waals surface area contributed by atoms with Gasteiger partial charge in [0.1, 0.15) is 5.69 Å². The van der Waals surface area contributed by atoms with E-state index in [4.69, 9.17) is 5.11 Å². The van der Waals surface area contributed by atoms with E-state index in [1.807, 2.05) is 19.1 Å². The third kappa shape index (κ3) is 3.88. The van der Waals surface area contributed by atoms with E-state index in [2.05, 4.69) is 26.2 Å². The zero-order valence-electron chi connectivity index (χ0n) is 11.3. The van der Waals surface area contributed by atoms with Crippen molar-refractivity contribution in [3.05, 3.63) is 63.4 Å². The van der Waals surface area contributed by atoms with Crippen LogP contribution in [0.4, 0.5) is 0 Å². The molecule has 0 saturated heterocycles. The molecular formula is C15H13BrN2O3. The molecule has 1 aromatic heterocycles. The maximum atomic E-state index is 12.1. The lowest BCUT2D eigenvalue weighted by atomic mass is 10.1. The number of aromatic nitrogens is 1. The quantitative estimate of drug-likeness (QED) is 0.890. The van der Waals surface area contributed by atoms with Gasteiger partial charge in [0.05, 0.1) is 5.56 Å². The fourth-order valence-electron chi connectivity index (χ4n) is 1.74. The van der Waals surface area contributed by atoms with E-state index in [0.717, 1.165) is 15.6 Å². The first-order valence-electron chi connectivity index (χ1n) is 6.20. The van der Waals surface area contributed by atoms with E-state index in [1.165, 1.54) is 12.3 Å². The number of hydrogen-bond donors (Lipinski definition) is 2. The summed E-state index contributed by atoms with van der Waals surface area (Å²) < 4.78 is 0.736. The van der Waals surface area contributed by atoms with Gasteiger partial charge >= 0.3 is 5.97 Å². The predicted molar refractivity (Wildman–Crippen MR) is 81.2 cm³/mol. The number of carboxylic acid groups (broad SMARTS) is 1. The molecule has 6 heteroatoms. The van der Waals surface area contributed by atoms with Gasteiger partial charge in [0.15, 0.2) is 0 Å². The normalized spacial score (nSPS) is 10.2.